The number of carbonyl (C=O) groups is 4. The van der Waals surface area contributed by atoms with Crippen LogP contribution < -0.4 is 0 Å². The number of unbranched alkanes of at least 4 members (excludes halogenated alkanes) is 33. The van der Waals surface area contributed by atoms with E-state index in [1.807, 2.05) is 0 Å². The van der Waals surface area contributed by atoms with Crippen LogP contribution in [0.2, 0.25) is 0 Å². The van der Waals surface area contributed by atoms with Gasteiger partial charge in [-0.15, -0.1) is 0 Å². The van der Waals surface area contributed by atoms with E-state index >= 15 is 0 Å². The molecule has 6 atom stereocenters. The minimum absolute atomic E-state index is 0.0994. The lowest BCUT2D eigenvalue weighted by atomic mass is 10.00. The first-order valence-corrected chi connectivity index (χ1v) is 40.2. The number of allylic oxidation sites excluding steroid dienone is 4. The molecular weight excluding hydrogens is 1210 g/mol. The minimum Gasteiger partial charge on any atom is -0.462 e. The van der Waals surface area contributed by atoms with E-state index in [2.05, 4.69) is 72.8 Å². The van der Waals surface area contributed by atoms with Crippen molar-refractivity contribution in [3.63, 3.8) is 0 Å². The Morgan fingerprint density at radius 2 is 0.641 bits per heavy atom. The molecule has 0 saturated carbocycles. The Morgan fingerprint density at radius 1 is 0.359 bits per heavy atom. The maximum Gasteiger partial charge on any atom is 0.472 e. The Hall–Kier alpha value is -2.46. The Labute approximate surface area is 561 Å². The van der Waals surface area contributed by atoms with Gasteiger partial charge in [0.1, 0.15) is 19.3 Å². The van der Waals surface area contributed by atoms with Crippen LogP contribution in [0.1, 0.15) is 344 Å². The molecule has 0 aliphatic heterocycles. The SMILES string of the molecule is CCCCCC/C=C\C=C/CCCCCCCC(=O)OC[C@H](COP(=O)(O)OC[C@@H](O)COP(=O)(O)OC[C@@H](COC(=O)CCCCCCCCC(C)C)OC(=O)CCCCCCCCC(C)CC)OC(=O)CCCCCCCCCCCCCCCCCC(C)C. The molecule has 0 heterocycles. The molecule has 0 saturated heterocycles. The Kier molecular flexibility index (Phi) is 61.6. The molecule has 0 aliphatic carbocycles. The molecular formula is C73H138O17P2. The first kappa shape index (κ1) is 89.5. The average Bonchev–Trinajstić information content (AvgIpc) is 1.44. The number of aliphatic hydroxyl groups excluding tert-OH is 1. The van der Waals surface area contributed by atoms with Crippen LogP contribution in [0.25, 0.3) is 0 Å². The molecule has 0 aromatic carbocycles. The first-order chi connectivity index (χ1) is 44.3. The number of esters is 4. The van der Waals surface area contributed by atoms with E-state index in [-0.39, 0.29) is 25.7 Å². The molecule has 0 aliphatic rings. The van der Waals surface area contributed by atoms with Gasteiger partial charge < -0.3 is 33.8 Å². The highest BCUT2D eigenvalue weighted by atomic mass is 31.2. The number of phosphoric acid groups is 2. The summed E-state index contributed by atoms with van der Waals surface area (Å²) in [6.45, 7) is 11.7. The predicted octanol–water partition coefficient (Wildman–Crippen LogP) is 20.6. The maximum atomic E-state index is 13.0. The normalized spacial score (nSPS) is 14.6. The highest BCUT2D eigenvalue weighted by molar-refractivity contribution is 7.47. The maximum absolute atomic E-state index is 13.0. The van der Waals surface area contributed by atoms with Crippen molar-refractivity contribution < 1.29 is 80.2 Å². The number of ether oxygens (including phenoxy) is 4. The van der Waals surface area contributed by atoms with Gasteiger partial charge in [-0.2, -0.15) is 0 Å². The van der Waals surface area contributed by atoms with Gasteiger partial charge in [-0.1, -0.05) is 291 Å². The summed E-state index contributed by atoms with van der Waals surface area (Å²) in [5, 5.41) is 10.6. The molecule has 0 bridgehead atoms. The number of aliphatic hydroxyl groups is 1. The molecule has 3 unspecified atom stereocenters. The van der Waals surface area contributed by atoms with Crippen LogP contribution in [-0.2, 0) is 65.4 Å². The van der Waals surface area contributed by atoms with Crippen molar-refractivity contribution in [2.75, 3.05) is 39.6 Å². The number of hydrogen-bond donors (Lipinski definition) is 3. The van der Waals surface area contributed by atoms with E-state index in [0.29, 0.717) is 31.6 Å². The number of hydrogen-bond acceptors (Lipinski definition) is 15. The van der Waals surface area contributed by atoms with Crippen LogP contribution >= 0.6 is 15.6 Å². The lowest BCUT2D eigenvalue weighted by Gasteiger charge is -2.21. The fraction of sp³-hybridized carbons (Fsp3) is 0.890. The Morgan fingerprint density at radius 3 is 0.967 bits per heavy atom. The molecule has 3 N–H and O–H groups in total. The largest absolute Gasteiger partial charge is 0.472 e. The molecule has 0 aromatic heterocycles. The van der Waals surface area contributed by atoms with Crippen LogP contribution in [0.4, 0.5) is 0 Å². The summed E-state index contributed by atoms with van der Waals surface area (Å²) >= 11 is 0. The Bertz CT molecular complexity index is 1900. The lowest BCUT2D eigenvalue weighted by molar-refractivity contribution is -0.161. The van der Waals surface area contributed by atoms with Gasteiger partial charge in [-0.3, -0.25) is 37.3 Å². The molecule has 0 radical (unpaired) electrons. The van der Waals surface area contributed by atoms with Crippen LogP contribution in [0, 0.1) is 17.8 Å². The van der Waals surface area contributed by atoms with Crippen molar-refractivity contribution in [1.82, 2.24) is 0 Å². The summed E-state index contributed by atoms with van der Waals surface area (Å²) in [6.07, 6.45) is 51.0. The van der Waals surface area contributed by atoms with Crippen LogP contribution in [0.15, 0.2) is 24.3 Å². The second kappa shape index (κ2) is 63.3. The van der Waals surface area contributed by atoms with E-state index in [0.717, 1.165) is 127 Å². The van der Waals surface area contributed by atoms with Gasteiger partial charge in [0.2, 0.25) is 0 Å². The van der Waals surface area contributed by atoms with E-state index in [9.17, 15) is 43.2 Å². The second-order valence-corrected chi connectivity index (χ2v) is 29.7. The van der Waals surface area contributed by atoms with Crippen molar-refractivity contribution in [2.45, 2.75) is 362 Å². The molecule has 0 amide bonds. The molecule has 0 spiro atoms. The van der Waals surface area contributed by atoms with Gasteiger partial charge in [0.15, 0.2) is 12.2 Å². The molecule has 19 heteroatoms. The van der Waals surface area contributed by atoms with Crippen LogP contribution in [0.3, 0.4) is 0 Å². The summed E-state index contributed by atoms with van der Waals surface area (Å²) < 4.78 is 68.3. The van der Waals surface area contributed by atoms with Gasteiger partial charge in [0.25, 0.3) is 0 Å². The average molecular weight is 1350 g/mol. The second-order valence-electron chi connectivity index (χ2n) is 26.8. The van der Waals surface area contributed by atoms with E-state index in [1.165, 1.54) is 128 Å². The molecule has 542 valence electrons. The highest BCUT2D eigenvalue weighted by Crippen LogP contribution is 2.45. The summed E-state index contributed by atoms with van der Waals surface area (Å²) in [4.78, 5) is 72.6. The van der Waals surface area contributed by atoms with Gasteiger partial charge in [-0.05, 0) is 69.1 Å². The Balaban J connectivity index is 5.26. The quantitative estimate of drug-likeness (QED) is 0.0169. The molecule has 92 heavy (non-hydrogen) atoms. The topological polar surface area (TPSA) is 237 Å². The van der Waals surface area contributed by atoms with Crippen LogP contribution in [0.5, 0.6) is 0 Å². The third-order valence-corrected chi connectivity index (χ3v) is 18.5. The monoisotopic (exact) mass is 1350 g/mol. The third-order valence-electron chi connectivity index (χ3n) is 16.6. The molecule has 0 rings (SSSR count). The number of rotatable bonds is 69. The van der Waals surface area contributed by atoms with Gasteiger partial charge in [0, 0.05) is 25.7 Å². The zero-order valence-electron chi connectivity index (χ0n) is 59.5. The zero-order valence-corrected chi connectivity index (χ0v) is 61.3. The highest BCUT2D eigenvalue weighted by Gasteiger charge is 2.30. The van der Waals surface area contributed by atoms with E-state index < -0.39 is 97.5 Å². The minimum atomic E-state index is -4.96. The zero-order chi connectivity index (χ0) is 68.0. The van der Waals surface area contributed by atoms with E-state index in [1.54, 1.807) is 0 Å². The number of phosphoric ester groups is 2. The van der Waals surface area contributed by atoms with E-state index in [4.69, 9.17) is 37.0 Å². The first-order valence-electron chi connectivity index (χ1n) is 37.2. The van der Waals surface area contributed by atoms with Gasteiger partial charge >= 0.3 is 39.5 Å². The fourth-order valence-corrected chi connectivity index (χ4v) is 12.1. The van der Waals surface area contributed by atoms with Crippen molar-refractivity contribution in [3.05, 3.63) is 24.3 Å². The van der Waals surface area contributed by atoms with Gasteiger partial charge in [0.05, 0.1) is 26.4 Å². The van der Waals surface area contributed by atoms with Crippen molar-refractivity contribution in [1.29, 1.82) is 0 Å². The van der Waals surface area contributed by atoms with Crippen molar-refractivity contribution >= 4 is 39.5 Å². The number of carbonyl (C=O) groups excluding carboxylic acids is 4. The van der Waals surface area contributed by atoms with Gasteiger partial charge in [-0.25, -0.2) is 9.13 Å². The summed E-state index contributed by atoms with van der Waals surface area (Å²) in [5.74, 6) is 0.0388. The molecule has 0 fully saturated rings. The van der Waals surface area contributed by atoms with Crippen molar-refractivity contribution in [2.24, 2.45) is 17.8 Å². The summed E-state index contributed by atoms with van der Waals surface area (Å²) in [5.41, 5.74) is 0. The van der Waals surface area contributed by atoms with Crippen LogP contribution in [-0.4, -0.2) is 96.7 Å². The fourth-order valence-electron chi connectivity index (χ4n) is 10.5. The summed E-state index contributed by atoms with van der Waals surface area (Å²) in [7, 11) is -9.92. The molecule has 0 aromatic rings. The standard InChI is InChI=1S/C73H138O17P2/c1-8-10-11-12-13-14-15-16-18-22-25-28-31-40-47-54-70(75)83-60-68(89-72(77)56-49-42-32-29-26-23-20-17-19-21-24-27-30-37-44-51-64(3)4)62-87-91(79,80)85-58-67(74)59-86-92(81,82)88-63-69(61-84-71(76)55-48-41-35-33-38-45-52-65(5)6)90-73(78)57-50-43-36-34-39-46-53-66(7)9-2/h14-16,18,64-69,74H,8-13,17,19-63H2,1-7H3,(H,79,80)(H,81,82)/b15-14-,18-16-/t66?,67-,68-,69-/m1/s1. The predicted molar refractivity (Wildman–Crippen MR) is 372 cm³/mol. The van der Waals surface area contributed by atoms with Crippen molar-refractivity contribution in [3.8, 4) is 0 Å². The summed E-state index contributed by atoms with van der Waals surface area (Å²) in [6, 6.07) is 0. The smallest absolute Gasteiger partial charge is 0.462 e. The lowest BCUT2D eigenvalue weighted by Crippen LogP contribution is -2.30. The molecule has 17 nitrogen and oxygen atoms in total. The third kappa shape index (κ3) is 64.9.